The Morgan fingerprint density at radius 2 is 1.78 bits per heavy atom. The minimum absolute atomic E-state index is 0.263. The van der Waals surface area contributed by atoms with Crippen molar-refractivity contribution >= 4 is 12.0 Å². The molecule has 0 amide bonds. The molecule has 18 heavy (non-hydrogen) atoms. The Morgan fingerprint density at radius 3 is 2.44 bits per heavy atom. The number of halogens is 1. The minimum Gasteiger partial charge on any atom is -0.478 e. The van der Waals surface area contributed by atoms with Gasteiger partial charge < -0.3 is 5.11 Å². The summed E-state index contributed by atoms with van der Waals surface area (Å²) in [6.45, 7) is 0. The maximum atomic E-state index is 14.2. The number of carboxylic acids is 1. The third-order valence-electron chi connectivity index (χ3n) is 2.52. The monoisotopic (exact) mass is 242 g/mol. The molecule has 0 aromatic heterocycles. The van der Waals surface area contributed by atoms with E-state index in [4.69, 9.17) is 5.11 Å². The van der Waals surface area contributed by atoms with Crippen LogP contribution in [0.25, 0.3) is 17.2 Å². The van der Waals surface area contributed by atoms with Crippen molar-refractivity contribution in [2.24, 2.45) is 0 Å². The number of rotatable bonds is 3. The first-order chi connectivity index (χ1) is 8.68. The van der Waals surface area contributed by atoms with Crippen molar-refractivity contribution in [3.8, 4) is 11.1 Å². The number of carbonyl (C=O) groups is 1. The zero-order valence-corrected chi connectivity index (χ0v) is 9.51. The van der Waals surface area contributed by atoms with Crippen LogP contribution in [-0.4, -0.2) is 11.1 Å². The molecule has 0 heterocycles. The molecule has 0 atom stereocenters. The number of aliphatic carboxylic acids is 1. The van der Waals surface area contributed by atoms with Crippen LogP contribution in [0.5, 0.6) is 0 Å². The van der Waals surface area contributed by atoms with Gasteiger partial charge in [0.05, 0.1) is 0 Å². The Labute approximate surface area is 104 Å². The van der Waals surface area contributed by atoms with Crippen LogP contribution in [0.15, 0.2) is 54.6 Å². The van der Waals surface area contributed by atoms with Crippen LogP contribution in [0.4, 0.5) is 4.39 Å². The summed E-state index contributed by atoms with van der Waals surface area (Å²) in [5.74, 6) is -1.51. The van der Waals surface area contributed by atoms with Gasteiger partial charge in [0, 0.05) is 17.2 Å². The standard InChI is InChI=1S/C15H11FO2/c16-15-12(9-10-14(17)18)7-4-8-13(15)11-5-2-1-3-6-11/h1-10H,(H,17,18)/b10-9+. The highest BCUT2D eigenvalue weighted by atomic mass is 19.1. The van der Waals surface area contributed by atoms with Crippen LogP contribution in [0.3, 0.4) is 0 Å². The van der Waals surface area contributed by atoms with E-state index in [1.54, 1.807) is 18.2 Å². The summed E-state index contributed by atoms with van der Waals surface area (Å²) in [5.41, 5.74) is 1.49. The molecule has 3 heteroatoms. The predicted molar refractivity (Wildman–Crippen MR) is 68.5 cm³/mol. The Kier molecular flexibility index (Phi) is 3.53. The highest BCUT2D eigenvalue weighted by molar-refractivity contribution is 5.85. The van der Waals surface area contributed by atoms with Crippen molar-refractivity contribution < 1.29 is 14.3 Å². The molecular formula is C15H11FO2. The summed E-state index contributed by atoms with van der Waals surface area (Å²) in [5, 5.41) is 8.54. The molecule has 0 aliphatic heterocycles. The van der Waals surface area contributed by atoms with Crippen LogP contribution < -0.4 is 0 Å². The average Bonchev–Trinajstić information content (AvgIpc) is 2.38. The van der Waals surface area contributed by atoms with Crippen molar-refractivity contribution in [2.75, 3.05) is 0 Å². The van der Waals surface area contributed by atoms with E-state index in [2.05, 4.69) is 0 Å². The summed E-state index contributed by atoms with van der Waals surface area (Å²) >= 11 is 0. The van der Waals surface area contributed by atoms with Crippen molar-refractivity contribution in [1.29, 1.82) is 0 Å². The number of benzene rings is 2. The minimum atomic E-state index is -1.10. The van der Waals surface area contributed by atoms with E-state index in [1.807, 2.05) is 30.3 Å². The molecule has 90 valence electrons. The molecule has 0 saturated carbocycles. The molecule has 0 fully saturated rings. The first kappa shape index (κ1) is 12.0. The zero-order chi connectivity index (χ0) is 13.0. The number of carboxylic acid groups (broad SMARTS) is 1. The van der Waals surface area contributed by atoms with E-state index < -0.39 is 11.8 Å². The van der Waals surface area contributed by atoms with Crippen LogP contribution in [0.2, 0.25) is 0 Å². The fourth-order valence-electron chi connectivity index (χ4n) is 1.68. The molecular weight excluding hydrogens is 231 g/mol. The van der Waals surface area contributed by atoms with E-state index in [9.17, 15) is 9.18 Å². The molecule has 0 saturated heterocycles. The van der Waals surface area contributed by atoms with Crippen LogP contribution in [0.1, 0.15) is 5.56 Å². The van der Waals surface area contributed by atoms with Gasteiger partial charge in [0.2, 0.25) is 0 Å². The summed E-state index contributed by atoms with van der Waals surface area (Å²) in [4.78, 5) is 10.4. The van der Waals surface area contributed by atoms with E-state index >= 15 is 0 Å². The van der Waals surface area contributed by atoms with Gasteiger partial charge >= 0.3 is 5.97 Å². The fourth-order valence-corrected chi connectivity index (χ4v) is 1.68. The second-order valence-electron chi connectivity index (χ2n) is 3.75. The van der Waals surface area contributed by atoms with E-state index in [1.165, 1.54) is 6.08 Å². The van der Waals surface area contributed by atoms with Crippen molar-refractivity contribution in [3.05, 3.63) is 66.0 Å². The lowest BCUT2D eigenvalue weighted by Crippen LogP contribution is -1.90. The smallest absolute Gasteiger partial charge is 0.328 e. The average molecular weight is 242 g/mol. The Bertz CT molecular complexity index is 589. The predicted octanol–water partition coefficient (Wildman–Crippen LogP) is 3.59. The SMILES string of the molecule is O=C(O)/C=C/c1cccc(-c2ccccc2)c1F. The van der Waals surface area contributed by atoms with Gasteiger partial charge in [-0.05, 0) is 11.6 Å². The number of hydrogen-bond acceptors (Lipinski definition) is 1. The lowest BCUT2D eigenvalue weighted by molar-refractivity contribution is -0.131. The third-order valence-corrected chi connectivity index (χ3v) is 2.52. The molecule has 2 aromatic carbocycles. The van der Waals surface area contributed by atoms with Gasteiger partial charge in [-0.1, -0.05) is 48.5 Å². The zero-order valence-electron chi connectivity index (χ0n) is 9.51. The molecule has 2 aromatic rings. The normalized spacial score (nSPS) is 10.7. The number of hydrogen-bond donors (Lipinski definition) is 1. The Hall–Kier alpha value is -2.42. The first-order valence-electron chi connectivity index (χ1n) is 5.43. The summed E-state index contributed by atoms with van der Waals surface area (Å²) in [6.07, 6.45) is 2.18. The molecule has 0 spiro atoms. The van der Waals surface area contributed by atoms with Gasteiger partial charge in [0.25, 0.3) is 0 Å². The van der Waals surface area contributed by atoms with Crippen LogP contribution >= 0.6 is 0 Å². The van der Waals surface area contributed by atoms with Crippen LogP contribution in [0, 0.1) is 5.82 Å². The molecule has 1 N–H and O–H groups in total. The highest BCUT2D eigenvalue weighted by Crippen LogP contribution is 2.25. The summed E-state index contributed by atoms with van der Waals surface area (Å²) < 4.78 is 14.2. The topological polar surface area (TPSA) is 37.3 Å². The van der Waals surface area contributed by atoms with Crippen LogP contribution in [-0.2, 0) is 4.79 Å². The van der Waals surface area contributed by atoms with E-state index in [-0.39, 0.29) is 5.56 Å². The summed E-state index contributed by atoms with van der Waals surface area (Å²) in [6, 6.07) is 14.0. The van der Waals surface area contributed by atoms with Gasteiger partial charge in [0.15, 0.2) is 0 Å². The second-order valence-corrected chi connectivity index (χ2v) is 3.75. The maximum Gasteiger partial charge on any atom is 0.328 e. The van der Waals surface area contributed by atoms with E-state index in [0.29, 0.717) is 5.56 Å². The molecule has 0 radical (unpaired) electrons. The van der Waals surface area contributed by atoms with Crippen molar-refractivity contribution in [2.45, 2.75) is 0 Å². The Balaban J connectivity index is 2.46. The first-order valence-corrected chi connectivity index (χ1v) is 5.43. The lowest BCUT2D eigenvalue weighted by Gasteiger charge is -2.05. The Morgan fingerprint density at radius 1 is 1.06 bits per heavy atom. The molecule has 0 aliphatic rings. The van der Waals surface area contributed by atoms with Gasteiger partial charge in [-0.25, -0.2) is 9.18 Å². The third kappa shape index (κ3) is 2.63. The molecule has 2 rings (SSSR count). The molecule has 0 unspecified atom stereocenters. The van der Waals surface area contributed by atoms with Gasteiger partial charge in [-0.2, -0.15) is 0 Å². The second kappa shape index (κ2) is 5.27. The molecule has 0 aliphatic carbocycles. The maximum absolute atomic E-state index is 14.2. The van der Waals surface area contributed by atoms with Gasteiger partial charge in [0.1, 0.15) is 5.82 Å². The van der Waals surface area contributed by atoms with Crippen molar-refractivity contribution in [1.82, 2.24) is 0 Å². The van der Waals surface area contributed by atoms with Gasteiger partial charge in [-0.3, -0.25) is 0 Å². The molecule has 0 bridgehead atoms. The lowest BCUT2D eigenvalue weighted by atomic mass is 10.0. The van der Waals surface area contributed by atoms with Crippen molar-refractivity contribution in [3.63, 3.8) is 0 Å². The summed E-state index contributed by atoms with van der Waals surface area (Å²) in [7, 11) is 0. The molecule has 2 nitrogen and oxygen atoms in total. The van der Waals surface area contributed by atoms with Gasteiger partial charge in [-0.15, -0.1) is 0 Å². The van der Waals surface area contributed by atoms with E-state index in [0.717, 1.165) is 11.6 Å². The highest BCUT2D eigenvalue weighted by Gasteiger charge is 2.07. The quantitative estimate of drug-likeness (QED) is 0.835. The largest absolute Gasteiger partial charge is 0.478 e. The fraction of sp³-hybridized carbons (Fsp3) is 0.